The van der Waals surface area contributed by atoms with Gasteiger partial charge in [-0.3, -0.25) is 9.71 Å². The molecule has 11 nitrogen and oxygen atoms in total. The monoisotopic (exact) mass is 595 g/mol. The summed E-state index contributed by atoms with van der Waals surface area (Å²) < 4.78 is 28.3. The molecule has 1 saturated carbocycles. The molecule has 1 aromatic heterocycles. The Kier molecular flexibility index (Phi) is 13.3. The summed E-state index contributed by atoms with van der Waals surface area (Å²) in [5.41, 5.74) is 12.8. The van der Waals surface area contributed by atoms with Gasteiger partial charge in [0.15, 0.2) is 0 Å². The second-order valence-corrected chi connectivity index (χ2v) is 11.9. The molecule has 1 aliphatic carbocycles. The first-order chi connectivity index (χ1) is 20.4. The van der Waals surface area contributed by atoms with Crippen molar-refractivity contribution in [2.75, 3.05) is 29.7 Å². The smallest absolute Gasteiger partial charge is 0.319 e. The van der Waals surface area contributed by atoms with Gasteiger partial charge < -0.3 is 21.1 Å². The van der Waals surface area contributed by atoms with Crippen LogP contribution in [0.4, 0.5) is 16.2 Å². The van der Waals surface area contributed by atoms with Crippen LogP contribution in [0, 0.1) is 17.0 Å². The number of nitrogens with zero attached hydrogens (tertiary/aromatic N) is 1. The predicted octanol–water partition coefficient (Wildman–Crippen LogP) is 5.44. The van der Waals surface area contributed by atoms with Crippen molar-refractivity contribution in [2.45, 2.75) is 55.9 Å². The average molecular weight is 596 g/mol. The average Bonchev–Trinajstić information content (AvgIpc) is 3.54. The molecule has 12 heteroatoms. The van der Waals surface area contributed by atoms with E-state index >= 15 is 0 Å². The molecule has 0 spiro atoms. The van der Waals surface area contributed by atoms with Gasteiger partial charge in [-0.2, -0.15) is 0 Å². The Bertz CT molecular complexity index is 1320. The van der Waals surface area contributed by atoms with Crippen LogP contribution in [0.3, 0.4) is 0 Å². The van der Waals surface area contributed by atoms with E-state index in [-0.39, 0.29) is 10.9 Å². The number of aromatic nitrogens is 1. The van der Waals surface area contributed by atoms with Gasteiger partial charge in [0.25, 0.3) is 10.0 Å². The highest BCUT2D eigenvalue weighted by molar-refractivity contribution is 7.92. The quantitative estimate of drug-likeness (QED) is 0.0963. The van der Waals surface area contributed by atoms with Crippen molar-refractivity contribution in [1.82, 2.24) is 15.6 Å². The van der Waals surface area contributed by atoms with Crippen LogP contribution in [0.1, 0.15) is 55.8 Å². The van der Waals surface area contributed by atoms with Crippen LogP contribution in [-0.4, -0.2) is 44.2 Å². The lowest BCUT2D eigenvalue weighted by molar-refractivity contribution is 0.174. The minimum Gasteiger partial charge on any atom is -0.387 e. The van der Waals surface area contributed by atoms with E-state index in [0.29, 0.717) is 31.0 Å². The largest absolute Gasteiger partial charge is 0.387 e. The number of amides is 2. The standard InChI is InChI=1S/C30H39N5O4S.H2N2/c36-29(25-8-4-18-31-21-25)22-32-20-17-24-9-11-27(12-10-24)35-40(38,39)28-15-13-26(14-16-28)34-30(37)33-19-3-7-23-5-1-2-6-23;1-2/h4,8-16,18,21,23,29,32,35-36H,1-3,5-7,17,19-20,22H2,(H2,33,34,37);1-2H/t29-;/m0./s1. The van der Waals surface area contributed by atoms with E-state index in [9.17, 15) is 18.3 Å². The van der Waals surface area contributed by atoms with Crippen LogP contribution in [0.15, 0.2) is 78.0 Å². The van der Waals surface area contributed by atoms with Crippen molar-refractivity contribution in [3.05, 3.63) is 84.2 Å². The second-order valence-electron chi connectivity index (χ2n) is 10.3. The maximum absolute atomic E-state index is 12.8. The molecule has 0 saturated heterocycles. The molecule has 2 amide bonds. The van der Waals surface area contributed by atoms with Gasteiger partial charge in [-0.1, -0.05) is 43.9 Å². The minimum absolute atomic E-state index is 0.107. The highest BCUT2D eigenvalue weighted by Gasteiger charge is 2.16. The van der Waals surface area contributed by atoms with E-state index < -0.39 is 16.1 Å². The summed E-state index contributed by atoms with van der Waals surface area (Å²) in [6.07, 6.45) is 10.8. The van der Waals surface area contributed by atoms with Crippen LogP contribution < -0.4 is 20.7 Å². The third kappa shape index (κ3) is 10.8. The lowest BCUT2D eigenvalue weighted by Crippen LogP contribution is -2.29. The second kappa shape index (κ2) is 17.2. The minimum atomic E-state index is -3.78. The number of pyridine rings is 1. The summed E-state index contributed by atoms with van der Waals surface area (Å²) in [4.78, 5) is 16.3. The van der Waals surface area contributed by atoms with Crippen molar-refractivity contribution >= 4 is 27.4 Å². The van der Waals surface area contributed by atoms with Crippen LogP contribution in [0.5, 0.6) is 0 Å². The number of sulfonamides is 1. The summed E-state index contributed by atoms with van der Waals surface area (Å²) in [6, 6.07) is 16.6. The molecule has 1 fully saturated rings. The lowest BCUT2D eigenvalue weighted by Gasteiger charge is -2.12. The van der Waals surface area contributed by atoms with Crippen LogP contribution in [0.25, 0.3) is 0 Å². The van der Waals surface area contributed by atoms with Gasteiger partial charge in [-0.25, -0.2) is 24.3 Å². The third-order valence-electron chi connectivity index (χ3n) is 7.18. The summed E-state index contributed by atoms with van der Waals surface area (Å²) in [5, 5.41) is 19.0. The first-order valence-corrected chi connectivity index (χ1v) is 15.7. The first kappa shape index (κ1) is 32.6. The molecule has 0 unspecified atom stereocenters. The number of aliphatic hydroxyl groups is 1. The molecule has 3 aromatic rings. The number of anilines is 2. The summed E-state index contributed by atoms with van der Waals surface area (Å²) in [6.45, 7) is 1.72. The highest BCUT2D eigenvalue weighted by atomic mass is 32.2. The topological polar surface area (TPSA) is 180 Å². The molecule has 7 N–H and O–H groups in total. The highest BCUT2D eigenvalue weighted by Crippen LogP contribution is 2.28. The zero-order chi connectivity index (χ0) is 30.2. The van der Waals surface area contributed by atoms with Crippen molar-refractivity contribution in [3.63, 3.8) is 0 Å². The maximum Gasteiger partial charge on any atom is 0.319 e. The molecule has 4 rings (SSSR count). The van der Waals surface area contributed by atoms with Gasteiger partial charge in [0, 0.05) is 42.4 Å². The molecular formula is C30H41N7O4S. The normalized spacial score (nSPS) is 13.9. The molecule has 0 radical (unpaired) electrons. The van der Waals surface area contributed by atoms with E-state index in [1.807, 2.05) is 18.2 Å². The van der Waals surface area contributed by atoms with Crippen molar-refractivity contribution < 1.29 is 18.3 Å². The fraction of sp³-hybridized carbons (Fsp3) is 0.400. The van der Waals surface area contributed by atoms with Crippen LogP contribution >= 0.6 is 0 Å². The number of hydrogen-bond acceptors (Lipinski definition) is 8. The Morgan fingerprint density at radius 2 is 1.67 bits per heavy atom. The van der Waals surface area contributed by atoms with Gasteiger partial charge in [-0.05, 0) is 79.8 Å². The van der Waals surface area contributed by atoms with E-state index in [4.69, 9.17) is 11.1 Å². The van der Waals surface area contributed by atoms with Gasteiger partial charge in [0.05, 0.1) is 11.0 Å². The summed E-state index contributed by atoms with van der Waals surface area (Å²) in [5.74, 6) is 0.803. The lowest BCUT2D eigenvalue weighted by atomic mass is 10.0. The van der Waals surface area contributed by atoms with Crippen molar-refractivity contribution in [3.8, 4) is 0 Å². The first-order valence-electron chi connectivity index (χ1n) is 14.2. The number of urea groups is 1. The zero-order valence-corrected chi connectivity index (χ0v) is 24.5. The van der Waals surface area contributed by atoms with E-state index in [2.05, 4.69) is 25.7 Å². The van der Waals surface area contributed by atoms with Gasteiger partial charge >= 0.3 is 6.03 Å². The van der Waals surface area contributed by atoms with Gasteiger partial charge in [0.2, 0.25) is 0 Å². The molecule has 42 heavy (non-hydrogen) atoms. The molecule has 1 atom stereocenters. The SMILES string of the molecule is N=N.O=C(NCCCC1CCCC1)Nc1ccc(S(=O)(=O)Nc2ccc(CCNC[C@H](O)c3cccnc3)cc2)cc1. The van der Waals surface area contributed by atoms with Gasteiger partial charge in [-0.15, -0.1) is 0 Å². The Balaban J connectivity index is 0.00000237. The molecule has 2 aromatic carbocycles. The third-order valence-corrected chi connectivity index (χ3v) is 8.57. The van der Waals surface area contributed by atoms with Gasteiger partial charge in [0.1, 0.15) is 0 Å². The zero-order valence-electron chi connectivity index (χ0n) is 23.7. The number of carbonyl (C=O) groups is 1. The number of hydrogen-bond donors (Lipinski definition) is 7. The fourth-order valence-electron chi connectivity index (χ4n) is 4.90. The fourth-order valence-corrected chi connectivity index (χ4v) is 5.96. The van der Waals surface area contributed by atoms with Crippen LogP contribution in [-0.2, 0) is 16.4 Å². The molecular weight excluding hydrogens is 554 g/mol. The van der Waals surface area contributed by atoms with E-state index in [1.54, 1.807) is 42.7 Å². The Morgan fingerprint density at radius 3 is 2.33 bits per heavy atom. The van der Waals surface area contributed by atoms with Crippen molar-refractivity contribution in [1.29, 1.82) is 11.1 Å². The van der Waals surface area contributed by atoms with E-state index in [0.717, 1.165) is 36.3 Å². The molecule has 1 aliphatic rings. The van der Waals surface area contributed by atoms with E-state index in [1.165, 1.54) is 37.8 Å². The summed E-state index contributed by atoms with van der Waals surface area (Å²) in [7, 11) is -3.78. The Morgan fingerprint density at radius 1 is 0.976 bits per heavy atom. The number of rotatable bonds is 14. The number of benzene rings is 2. The maximum atomic E-state index is 12.8. The molecule has 0 bridgehead atoms. The number of nitrogens with one attached hydrogen (secondary N) is 6. The van der Waals surface area contributed by atoms with Crippen LogP contribution in [0.2, 0.25) is 0 Å². The molecule has 1 heterocycles. The number of aliphatic hydroxyl groups excluding tert-OH is 1. The summed E-state index contributed by atoms with van der Waals surface area (Å²) >= 11 is 0. The molecule has 226 valence electrons. The number of carbonyl (C=O) groups excluding carboxylic acids is 1. The van der Waals surface area contributed by atoms with Crippen molar-refractivity contribution in [2.24, 2.45) is 5.92 Å². The molecule has 0 aliphatic heterocycles. The predicted molar refractivity (Wildman–Crippen MR) is 163 cm³/mol. The Labute approximate surface area is 247 Å². The Hall–Kier alpha value is -3.87.